The summed E-state index contributed by atoms with van der Waals surface area (Å²) in [5, 5.41) is 14.3. The maximum Gasteiger partial charge on any atom is 0.326 e. The van der Waals surface area contributed by atoms with Gasteiger partial charge in [0.1, 0.15) is 6.04 Å². The predicted octanol–water partition coefficient (Wildman–Crippen LogP) is 3.30. The van der Waals surface area contributed by atoms with Gasteiger partial charge in [0, 0.05) is 18.2 Å². The Morgan fingerprint density at radius 2 is 2.04 bits per heavy atom. The molecule has 0 radical (unpaired) electrons. The van der Waals surface area contributed by atoms with E-state index < -0.39 is 12.0 Å². The zero-order valence-electron chi connectivity index (χ0n) is 15.1. The number of carboxylic acids is 1. The largest absolute Gasteiger partial charge is 0.480 e. The van der Waals surface area contributed by atoms with Crippen molar-refractivity contribution in [2.24, 2.45) is 0 Å². The smallest absolute Gasteiger partial charge is 0.326 e. The second-order valence-electron chi connectivity index (χ2n) is 7.62. The van der Waals surface area contributed by atoms with Crippen LogP contribution in [-0.2, 0) is 4.79 Å². The quantitative estimate of drug-likeness (QED) is 0.902. The third-order valence-corrected chi connectivity index (χ3v) is 5.31. The van der Waals surface area contributed by atoms with Crippen molar-refractivity contribution in [2.75, 3.05) is 6.54 Å². The number of carboxylic acid groups (broad SMARTS) is 1. The van der Waals surface area contributed by atoms with Crippen LogP contribution < -0.4 is 0 Å². The molecular weight excluding hydrogens is 334 g/mol. The van der Waals surface area contributed by atoms with Crippen LogP contribution in [0.5, 0.6) is 0 Å². The molecule has 0 unspecified atom stereocenters. The van der Waals surface area contributed by atoms with Crippen molar-refractivity contribution in [1.82, 2.24) is 15.0 Å². The van der Waals surface area contributed by atoms with Crippen LogP contribution in [0.1, 0.15) is 79.5 Å². The molecule has 0 aromatic carbocycles. The number of hydrogen-bond acceptors (Lipinski definition) is 5. The first-order valence-electron chi connectivity index (χ1n) is 9.31. The first-order valence-corrected chi connectivity index (χ1v) is 9.31. The molecule has 2 aromatic heterocycles. The Morgan fingerprint density at radius 1 is 1.27 bits per heavy atom. The number of amides is 1. The first kappa shape index (κ1) is 17.0. The van der Waals surface area contributed by atoms with E-state index in [1.165, 1.54) is 4.90 Å². The number of carbonyl (C=O) groups is 2. The Hall–Kier alpha value is -2.44. The summed E-state index contributed by atoms with van der Waals surface area (Å²) < 4.78 is 5.43. The van der Waals surface area contributed by atoms with Crippen molar-refractivity contribution < 1.29 is 19.2 Å². The molecule has 1 atom stereocenters. The van der Waals surface area contributed by atoms with Crippen molar-refractivity contribution in [3.8, 4) is 0 Å². The van der Waals surface area contributed by atoms with Gasteiger partial charge in [0.2, 0.25) is 0 Å². The zero-order valence-corrected chi connectivity index (χ0v) is 15.1. The van der Waals surface area contributed by atoms with Crippen LogP contribution >= 0.6 is 0 Å². The highest BCUT2D eigenvalue weighted by molar-refractivity contribution is 6.07. The van der Waals surface area contributed by atoms with Gasteiger partial charge in [-0.3, -0.25) is 4.79 Å². The van der Waals surface area contributed by atoms with Crippen LogP contribution in [-0.4, -0.2) is 44.6 Å². The average Bonchev–Trinajstić information content (AvgIpc) is 3.39. The van der Waals surface area contributed by atoms with E-state index in [0.717, 1.165) is 31.4 Å². The lowest BCUT2D eigenvalue weighted by Crippen LogP contribution is -2.48. The molecule has 1 N–H and O–H groups in total. The minimum Gasteiger partial charge on any atom is -0.480 e. The highest BCUT2D eigenvalue weighted by Gasteiger charge is 2.36. The number of hydrogen-bond donors (Lipinski definition) is 1. The van der Waals surface area contributed by atoms with Crippen LogP contribution in [0, 0.1) is 0 Å². The molecule has 1 amide bonds. The van der Waals surface area contributed by atoms with E-state index in [1.54, 1.807) is 0 Å². The van der Waals surface area contributed by atoms with E-state index in [4.69, 9.17) is 4.52 Å². The van der Waals surface area contributed by atoms with Crippen LogP contribution in [0.15, 0.2) is 10.6 Å². The Bertz CT molecular complexity index is 869. The normalized spacial score (nSPS) is 20.7. The fraction of sp³-hybridized carbons (Fsp3) is 0.579. The summed E-state index contributed by atoms with van der Waals surface area (Å²) in [5.41, 5.74) is 2.40. The minimum atomic E-state index is -0.944. The van der Waals surface area contributed by atoms with Gasteiger partial charge >= 0.3 is 5.97 Å². The lowest BCUT2D eigenvalue weighted by molar-refractivity contribution is -0.143. The first-order chi connectivity index (χ1) is 12.5. The van der Waals surface area contributed by atoms with Crippen LogP contribution in [0.25, 0.3) is 11.1 Å². The van der Waals surface area contributed by atoms with Crippen molar-refractivity contribution in [3.63, 3.8) is 0 Å². The number of fused-ring (bicyclic) bond motifs is 1. The van der Waals surface area contributed by atoms with Crippen LogP contribution in [0.2, 0.25) is 0 Å². The fourth-order valence-corrected chi connectivity index (χ4v) is 3.73. The number of aromatic nitrogens is 2. The van der Waals surface area contributed by atoms with Gasteiger partial charge in [0.25, 0.3) is 11.6 Å². The number of piperidine rings is 1. The summed E-state index contributed by atoms with van der Waals surface area (Å²) in [7, 11) is 0. The predicted molar refractivity (Wildman–Crippen MR) is 94.2 cm³/mol. The number of rotatable bonds is 4. The second kappa shape index (κ2) is 6.37. The highest BCUT2D eigenvalue weighted by atomic mass is 16.5. The Balaban J connectivity index is 1.84. The molecule has 3 heterocycles. The summed E-state index contributed by atoms with van der Waals surface area (Å²) >= 11 is 0. The number of likely N-dealkylation sites (tertiary alicyclic amines) is 1. The summed E-state index contributed by atoms with van der Waals surface area (Å²) in [5.74, 6) is -0.764. The van der Waals surface area contributed by atoms with Crippen LogP contribution in [0.3, 0.4) is 0 Å². The van der Waals surface area contributed by atoms with E-state index in [0.29, 0.717) is 41.2 Å². The van der Waals surface area contributed by atoms with Gasteiger partial charge in [-0.15, -0.1) is 0 Å². The standard InChI is InChI=1S/C19H23N3O4/c1-10(2)16-15-12(9-13(11-6-7-11)20-17(15)26-21-16)18(23)22-8-4-3-5-14(22)19(24)25/h9-11,14H,3-8H2,1-2H3,(H,24,25)/t14-/m0/s1. The molecule has 2 aromatic rings. The summed E-state index contributed by atoms with van der Waals surface area (Å²) in [4.78, 5) is 31.1. The lowest BCUT2D eigenvalue weighted by Gasteiger charge is -2.33. The molecule has 7 nitrogen and oxygen atoms in total. The molecule has 1 aliphatic carbocycles. The topological polar surface area (TPSA) is 96.5 Å². The highest BCUT2D eigenvalue weighted by Crippen LogP contribution is 2.41. The lowest BCUT2D eigenvalue weighted by atomic mass is 9.97. The average molecular weight is 357 g/mol. The van der Waals surface area contributed by atoms with E-state index in [2.05, 4.69) is 10.1 Å². The van der Waals surface area contributed by atoms with E-state index in [1.807, 2.05) is 19.9 Å². The molecule has 1 saturated carbocycles. The Morgan fingerprint density at radius 3 is 2.69 bits per heavy atom. The van der Waals surface area contributed by atoms with Crippen molar-refractivity contribution in [1.29, 1.82) is 0 Å². The maximum absolute atomic E-state index is 13.4. The molecule has 7 heteroatoms. The van der Waals surface area contributed by atoms with Gasteiger partial charge < -0.3 is 14.5 Å². The number of nitrogens with zero attached hydrogens (tertiary/aromatic N) is 3. The number of aliphatic carboxylic acids is 1. The summed E-state index contributed by atoms with van der Waals surface area (Å²) in [6.45, 7) is 4.43. The second-order valence-corrected chi connectivity index (χ2v) is 7.62. The fourth-order valence-electron chi connectivity index (χ4n) is 3.73. The number of carbonyl (C=O) groups excluding carboxylic acids is 1. The molecule has 1 saturated heterocycles. The molecule has 2 aliphatic rings. The van der Waals surface area contributed by atoms with Gasteiger partial charge in [0.15, 0.2) is 0 Å². The third-order valence-electron chi connectivity index (χ3n) is 5.31. The van der Waals surface area contributed by atoms with Crippen molar-refractivity contribution in [3.05, 3.63) is 23.0 Å². The van der Waals surface area contributed by atoms with Crippen molar-refractivity contribution in [2.45, 2.75) is 63.8 Å². The Labute approximate surface area is 151 Å². The van der Waals surface area contributed by atoms with Gasteiger partial charge in [-0.05, 0) is 44.1 Å². The van der Waals surface area contributed by atoms with Gasteiger partial charge in [0.05, 0.1) is 16.6 Å². The summed E-state index contributed by atoms with van der Waals surface area (Å²) in [6, 6.07) is 1.06. The van der Waals surface area contributed by atoms with E-state index in [9.17, 15) is 14.7 Å². The summed E-state index contributed by atoms with van der Waals surface area (Å²) in [6.07, 6.45) is 4.24. The molecule has 138 valence electrons. The SMILES string of the molecule is CC(C)c1noc2nc(C3CC3)cc(C(=O)N3CCCC[C@H]3C(=O)O)c12. The number of pyridine rings is 1. The third kappa shape index (κ3) is 2.85. The minimum absolute atomic E-state index is 0.0769. The molecule has 1 aliphatic heterocycles. The van der Waals surface area contributed by atoms with Gasteiger partial charge in [-0.2, -0.15) is 0 Å². The van der Waals surface area contributed by atoms with Gasteiger partial charge in [-0.25, -0.2) is 9.78 Å². The molecule has 0 spiro atoms. The van der Waals surface area contributed by atoms with E-state index in [-0.39, 0.29) is 11.8 Å². The van der Waals surface area contributed by atoms with Crippen molar-refractivity contribution >= 4 is 23.0 Å². The molecule has 4 rings (SSSR count). The van der Waals surface area contributed by atoms with E-state index >= 15 is 0 Å². The molecule has 0 bridgehead atoms. The molecule has 26 heavy (non-hydrogen) atoms. The Kier molecular flexibility index (Phi) is 4.17. The molecular formula is C19H23N3O4. The maximum atomic E-state index is 13.4. The van der Waals surface area contributed by atoms with Gasteiger partial charge in [-0.1, -0.05) is 19.0 Å². The molecule has 2 fully saturated rings. The zero-order chi connectivity index (χ0) is 18.4. The van der Waals surface area contributed by atoms with Crippen LogP contribution in [0.4, 0.5) is 0 Å². The monoisotopic (exact) mass is 357 g/mol.